The monoisotopic (exact) mass is 280 g/mol. The molecule has 21 heavy (non-hydrogen) atoms. The van der Waals surface area contributed by atoms with Crippen LogP contribution in [0, 0.1) is 6.92 Å². The second-order valence-electron chi connectivity index (χ2n) is 5.83. The zero-order valence-corrected chi connectivity index (χ0v) is 12.6. The van der Waals surface area contributed by atoms with Crippen LogP contribution in [0.15, 0.2) is 36.4 Å². The Morgan fingerprint density at radius 3 is 2.57 bits per heavy atom. The number of para-hydroxylation sites is 1. The zero-order valence-electron chi connectivity index (χ0n) is 12.6. The minimum Gasteiger partial charge on any atom is -0.378 e. The van der Waals surface area contributed by atoms with Gasteiger partial charge in [-0.05, 0) is 30.7 Å². The van der Waals surface area contributed by atoms with Gasteiger partial charge in [0, 0.05) is 42.1 Å². The minimum absolute atomic E-state index is 0.826. The number of anilines is 1. The van der Waals surface area contributed by atoms with E-state index in [1.54, 1.807) is 0 Å². The van der Waals surface area contributed by atoms with Crippen molar-refractivity contribution in [3.05, 3.63) is 42.0 Å². The van der Waals surface area contributed by atoms with Gasteiger partial charge in [-0.3, -0.25) is 0 Å². The number of aromatic nitrogens is 1. The first kappa shape index (κ1) is 12.7. The summed E-state index contributed by atoms with van der Waals surface area (Å²) >= 11 is 0. The number of nitrogens with zero attached hydrogens (tertiary/aromatic N) is 2. The van der Waals surface area contributed by atoms with E-state index in [-0.39, 0.29) is 0 Å². The molecule has 0 unspecified atom stereocenters. The van der Waals surface area contributed by atoms with Crippen LogP contribution < -0.4 is 4.90 Å². The molecule has 0 bridgehead atoms. The van der Waals surface area contributed by atoms with Gasteiger partial charge in [-0.25, -0.2) is 0 Å². The van der Waals surface area contributed by atoms with E-state index in [0.29, 0.717) is 0 Å². The van der Waals surface area contributed by atoms with Gasteiger partial charge in [0.2, 0.25) is 0 Å². The largest absolute Gasteiger partial charge is 0.378 e. The van der Waals surface area contributed by atoms with Gasteiger partial charge >= 0.3 is 0 Å². The van der Waals surface area contributed by atoms with Gasteiger partial charge in [0.05, 0.1) is 18.7 Å². The number of hydrogen-bond acceptors (Lipinski definition) is 2. The molecule has 0 amide bonds. The van der Waals surface area contributed by atoms with E-state index in [1.165, 1.54) is 33.1 Å². The SMILES string of the molecule is Cc1cc(N2CCOCC2)cc2c3ccccc3n(C)c12. The number of ether oxygens (including phenoxy) is 1. The Kier molecular flexibility index (Phi) is 2.89. The lowest BCUT2D eigenvalue weighted by Crippen LogP contribution is -2.36. The second kappa shape index (κ2) is 4.78. The molecule has 3 heteroatoms. The first-order valence-electron chi connectivity index (χ1n) is 7.56. The molecule has 0 N–H and O–H groups in total. The number of aryl methyl sites for hydroxylation is 2. The molecule has 2 aromatic carbocycles. The third-order valence-corrected chi connectivity index (χ3v) is 4.55. The predicted molar refractivity (Wildman–Crippen MR) is 88.2 cm³/mol. The van der Waals surface area contributed by atoms with Gasteiger partial charge in [-0.15, -0.1) is 0 Å². The third-order valence-electron chi connectivity index (χ3n) is 4.55. The van der Waals surface area contributed by atoms with Crippen molar-refractivity contribution in [2.24, 2.45) is 7.05 Å². The van der Waals surface area contributed by atoms with Crippen LogP contribution in [0.25, 0.3) is 21.8 Å². The zero-order chi connectivity index (χ0) is 14.4. The highest BCUT2D eigenvalue weighted by atomic mass is 16.5. The van der Waals surface area contributed by atoms with Crippen LogP contribution in [0.3, 0.4) is 0 Å². The average molecular weight is 280 g/mol. The van der Waals surface area contributed by atoms with Crippen molar-refractivity contribution in [3.8, 4) is 0 Å². The quantitative estimate of drug-likeness (QED) is 0.679. The molecular formula is C18H20N2O. The normalized spacial score (nSPS) is 16.0. The summed E-state index contributed by atoms with van der Waals surface area (Å²) in [7, 11) is 2.16. The first-order valence-corrected chi connectivity index (χ1v) is 7.56. The lowest BCUT2D eigenvalue weighted by molar-refractivity contribution is 0.122. The summed E-state index contributed by atoms with van der Waals surface area (Å²) in [5, 5.41) is 2.70. The van der Waals surface area contributed by atoms with Crippen LogP contribution in [0.2, 0.25) is 0 Å². The highest BCUT2D eigenvalue weighted by molar-refractivity contribution is 6.10. The maximum absolute atomic E-state index is 5.47. The minimum atomic E-state index is 0.826. The van der Waals surface area contributed by atoms with Crippen molar-refractivity contribution in [2.75, 3.05) is 31.2 Å². The summed E-state index contributed by atoms with van der Waals surface area (Å²) in [5.74, 6) is 0. The highest BCUT2D eigenvalue weighted by Gasteiger charge is 2.16. The Morgan fingerprint density at radius 1 is 1.00 bits per heavy atom. The summed E-state index contributed by atoms with van der Waals surface area (Å²) in [6.45, 7) is 5.83. The van der Waals surface area contributed by atoms with Crippen molar-refractivity contribution < 1.29 is 4.74 Å². The fourth-order valence-electron chi connectivity index (χ4n) is 3.53. The molecule has 0 saturated carbocycles. The van der Waals surface area contributed by atoms with E-state index in [4.69, 9.17) is 4.74 Å². The van der Waals surface area contributed by atoms with Crippen LogP contribution in [0.1, 0.15) is 5.56 Å². The topological polar surface area (TPSA) is 17.4 Å². The molecule has 1 saturated heterocycles. The maximum atomic E-state index is 5.47. The molecule has 3 aromatic rings. The van der Waals surface area contributed by atoms with Gasteiger partial charge in [-0.2, -0.15) is 0 Å². The lowest BCUT2D eigenvalue weighted by Gasteiger charge is -2.29. The van der Waals surface area contributed by atoms with Gasteiger partial charge in [0.25, 0.3) is 0 Å². The summed E-state index contributed by atoms with van der Waals surface area (Å²) in [6, 6.07) is 13.3. The van der Waals surface area contributed by atoms with Crippen LogP contribution in [-0.2, 0) is 11.8 Å². The van der Waals surface area contributed by atoms with E-state index in [2.05, 4.69) is 59.8 Å². The summed E-state index contributed by atoms with van der Waals surface area (Å²) < 4.78 is 7.78. The van der Waals surface area contributed by atoms with E-state index in [1.807, 2.05) is 0 Å². The molecule has 4 rings (SSSR count). The van der Waals surface area contributed by atoms with Crippen molar-refractivity contribution in [1.29, 1.82) is 0 Å². The fraction of sp³-hybridized carbons (Fsp3) is 0.333. The molecule has 3 nitrogen and oxygen atoms in total. The summed E-state index contributed by atoms with van der Waals surface area (Å²) in [6.07, 6.45) is 0. The first-order chi connectivity index (χ1) is 10.3. The fourth-order valence-corrected chi connectivity index (χ4v) is 3.53. The Bertz CT molecular complexity index is 813. The number of fused-ring (bicyclic) bond motifs is 3. The molecule has 1 aromatic heterocycles. The summed E-state index contributed by atoms with van der Waals surface area (Å²) in [5.41, 5.74) is 5.30. The third kappa shape index (κ3) is 1.92. The molecule has 0 spiro atoms. The number of benzene rings is 2. The van der Waals surface area contributed by atoms with Crippen molar-refractivity contribution in [1.82, 2.24) is 4.57 Å². The number of rotatable bonds is 1. The van der Waals surface area contributed by atoms with Crippen molar-refractivity contribution >= 4 is 27.5 Å². The van der Waals surface area contributed by atoms with Crippen LogP contribution in [0.5, 0.6) is 0 Å². The molecule has 0 atom stereocenters. The molecule has 2 heterocycles. The van der Waals surface area contributed by atoms with Crippen molar-refractivity contribution in [2.45, 2.75) is 6.92 Å². The van der Waals surface area contributed by atoms with Crippen molar-refractivity contribution in [3.63, 3.8) is 0 Å². The van der Waals surface area contributed by atoms with E-state index in [9.17, 15) is 0 Å². The lowest BCUT2D eigenvalue weighted by atomic mass is 10.1. The Hall–Kier alpha value is -2.00. The molecule has 108 valence electrons. The van der Waals surface area contributed by atoms with Crippen LogP contribution in [0.4, 0.5) is 5.69 Å². The van der Waals surface area contributed by atoms with Crippen LogP contribution >= 0.6 is 0 Å². The summed E-state index contributed by atoms with van der Waals surface area (Å²) in [4.78, 5) is 2.43. The van der Waals surface area contributed by atoms with E-state index >= 15 is 0 Å². The van der Waals surface area contributed by atoms with Gasteiger partial charge in [-0.1, -0.05) is 18.2 Å². The predicted octanol–water partition coefficient (Wildman–Crippen LogP) is 3.48. The number of hydrogen-bond donors (Lipinski definition) is 0. The Balaban J connectivity index is 1.98. The molecule has 0 radical (unpaired) electrons. The van der Waals surface area contributed by atoms with Crippen LogP contribution in [-0.4, -0.2) is 30.9 Å². The Labute approximate surface area is 124 Å². The standard InChI is InChI=1S/C18H20N2O/c1-13-11-14(20-7-9-21-10-8-20)12-16-15-5-3-4-6-17(15)19(2)18(13)16/h3-6,11-12H,7-10H2,1-2H3. The second-order valence-corrected chi connectivity index (χ2v) is 5.83. The smallest absolute Gasteiger partial charge is 0.0642 e. The van der Waals surface area contributed by atoms with E-state index < -0.39 is 0 Å². The molecular weight excluding hydrogens is 260 g/mol. The highest BCUT2D eigenvalue weighted by Crippen LogP contribution is 2.33. The molecule has 1 aliphatic rings. The average Bonchev–Trinajstić information content (AvgIpc) is 2.82. The van der Waals surface area contributed by atoms with E-state index in [0.717, 1.165) is 26.3 Å². The number of morpholine rings is 1. The maximum Gasteiger partial charge on any atom is 0.0642 e. The Morgan fingerprint density at radius 2 is 1.76 bits per heavy atom. The van der Waals surface area contributed by atoms with Gasteiger partial charge < -0.3 is 14.2 Å². The molecule has 0 aliphatic carbocycles. The van der Waals surface area contributed by atoms with Gasteiger partial charge in [0.15, 0.2) is 0 Å². The molecule has 1 fully saturated rings. The molecule has 1 aliphatic heterocycles. The van der Waals surface area contributed by atoms with Gasteiger partial charge in [0.1, 0.15) is 0 Å².